The van der Waals surface area contributed by atoms with Crippen LogP contribution < -0.4 is 10.9 Å². The van der Waals surface area contributed by atoms with Crippen molar-refractivity contribution in [3.63, 3.8) is 0 Å². The Labute approximate surface area is 169 Å². The summed E-state index contributed by atoms with van der Waals surface area (Å²) in [6.45, 7) is 11.1. The molecule has 2 aromatic rings. The van der Waals surface area contributed by atoms with E-state index in [-0.39, 0.29) is 27.9 Å². The Hall–Kier alpha value is -1.85. The topological polar surface area (TPSA) is 64.0 Å². The van der Waals surface area contributed by atoms with E-state index in [1.807, 2.05) is 0 Å². The van der Waals surface area contributed by atoms with Gasteiger partial charge in [0.1, 0.15) is 11.6 Å². The second kappa shape index (κ2) is 8.44. The number of carbonyl (C=O) groups excluding carboxylic acids is 1. The molecule has 1 aromatic carbocycles. The number of amides is 1. The summed E-state index contributed by atoms with van der Waals surface area (Å²) in [7, 11) is 0. The van der Waals surface area contributed by atoms with Crippen LogP contribution in [0, 0.1) is 13.8 Å². The number of aromatic nitrogens is 2. The summed E-state index contributed by atoms with van der Waals surface area (Å²) in [5.41, 5.74) is 4.49. The maximum Gasteiger partial charge on any atom is 0.287 e. The average molecular weight is 410 g/mol. The van der Waals surface area contributed by atoms with E-state index in [1.165, 1.54) is 28.5 Å². The molecule has 2 rings (SSSR count). The van der Waals surface area contributed by atoms with Crippen LogP contribution in [0.3, 0.4) is 0 Å². The maximum atomic E-state index is 12.1. The zero-order valence-electron chi connectivity index (χ0n) is 16.3. The summed E-state index contributed by atoms with van der Waals surface area (Å²) in [4.78, 5) is 24.0. The highest BCUT2D eigenvalue weighted by Crippen LogP contribution is 2.27. The van der Waals surface area contributed by atoms with Gasteiger partial charge in [-0.1, -0.05) is 56.1 Å². The Bertz CT molecular complexity index is 891. The van der Waals surface area contributed by atoms with Gasteiger partial charge in [0.05, 0.1) is 11.2 Å². The van der Waals surface area contributed by atoms with Crippen molar-refractivity contribution in [2.75, 3.05) is 6.54 Å². The van der Waals surface area contributed by atoms with Crippen LogP contribution in [0.15, 0.2) is 23.1 Å². The van der Waals surface area contributed by atoms with E-state index >= 15 is 0 Å². The minimum Gasteiger partial charge on any atom is -0.354 e. The molecule has 0 unspecified atom stereocenters. The molecule has 0 saturated carbocycles. The molecule has 0 aliphatic heterocycles. The van der Waals surface area contributed by atoms with Gasteiger partial charge >= 0.3 is 0 Å². The molecule has 1 aromatic heterocycles. The van der Waals surface area contributed by atoms with Crippen molar-refractivity contribution in [1.29, 1.82) is 0 Å². The van der Waals surface area contributed by atoms with Crippen LogP contribution in [-0.2, 0) is 23.2 Å². The van der Waals surface area contributed by atoms with Crippen LogP contribution in [0.25, 0.3) is 0 Å². The molecule has 1 N–H and O–H groups in total. The van der Waals surface area contributed by atoms with E-state index < -0.39 is 5.56 Å². The minimum absolute atomic E-state index is 0.0722. The number of hydrogen-bond donors (Lipinski definition) is 1. The van der Waals surface area contributed by atoms with Crippen molar-refractivity contribution >= 4 is 29.1 Å². The molecule has 5 nitrogen and oxygen atoms in total. The third-order valence-corrected chi connectivity index (χ3v) is 5.24. The SMILES string of the molecule is Cc1cc(C(C)(C)C)cc(C)c1CCNC(=O)Cn1ncc(Cl)c(Cl)c1=O. The number of benzene rings is 1. The lowest BCUT2D eigenvalue weighted by Crippen LogP contribution is -2.34. The van der Waals surface area contributed by atoms with E-state index in [0.717, 1.165) is 11.1 Å². The summed E-state index contributed by atoms with van der Waals surface area (Å²) in [5.74, 6) is -0.301. The van der Waals surface area contributed by atoms with Gasteiger partial charge in [0, 0.05) is 6.54 Å². The van der Waals surface area contributed by atoms with Crippen LogP contribution >= 0.6 is 23.2 Å². The lowest BCUT2D eigenvalue weighted by atomic mass is 9.83. The molecular formula is C20H25Cl2N3O2. The molecule has 0 bridgehead atoms. The highest BCUT2D eigenvalue weighted by Gasteiger charge is 2.16. The third-order valence-electron chi connectivity index (χ3n) is 4.49. The van der Waals surface area contributed by atoms with Crippen molar-refractivity contribution in [3.05, 3.63) is 61.0 Å². The second-order valence-corrected chi connectivity index (χ2v) is 8.49. The number of nitrogens with one attached hydrogen (secondary N) is 1. The summed E-state index contributed by atoms with van der Waals surface area (Å²) in [6, 6.07) is 4.42. The summed E-state index contributed by atoms with van der Waals surface area (Å²) in [6.07, 6.45) is 1.97. The Morgan fingerprint density at radius 2 is 1.78 bits per heavy atom. The number of aryl methyl sites for hydroxylation is 2. The van der Waals surface area contributed by atoms with Crippen LogP contribution in [0.1, 0.15) is 43.0 Å². The molecule has 7 heteroatoms. The van der Waals surface area contributed by atoms with Crippen LogP contribution in [0.4, 0.5) is 0 Å². The molecule has 0 saturated heterocycles. The van der Waals surface area contributed by atoms with Gasteiger partial charge in [-0.2, -0.15) is 5.10 Å². The van der Waals surface area contributed by atoms with Crippen molar-refractivity contribution in [2.45, 2.75) is 53.0 Å². The zero-order valence-corrected chi connectivity index (χ0v) is 17.8. The Morgan fingerprint density at radius 3 is 2.33 bits per heavy atom. The smallest absolute Gasteiger partial charge is 0.287 e. The lowest BCUT2D eigenvalue weighted by molar-refractivity contribution is -0.121. The Morgan fingerprint density at radius 1 is 1.19 bits per heavy atom. The maximum absolute atomic E-state index is 12.1. The highest BCUT2D eigenvalue weighted by molar-refractivity contribution is 6.41. The van der Waals surface area contributed by atoms with Crippen molar-refractivity contribution in [1.82, 2.24) is 15.1 Å². The van der Waals surface area contributed by atoms with Gasteiger partial charge in [0.15, 0.2) is 0 Å². The number of carbonyl (C=O) groups is 1. The second-order valence-electron chi connectivity index (χ2n) is 7.71. The predicted octanol–water partition coefficient (Wildman–Crippen LogP) is 3.82. The molecule has 0 atom stereocenters. The summed E-state index contributed by atoms with van der Waals surface area (Å²) < 4.78 is 0.998. The van der Waals surface area contributed by atoms with Gasteiger partial charge < -0.3 is 5.32 Å². The van der Waals surface area contributed by atoms with Gasteiger partial charge in [-0.3, -0.25) is 9.59 Å². The van der Waals surface area contributed by atoms with Crippen LogP contribution in [-0.4, -0.2) is 22.2 Å². The quantitative estimate of drug-likeness (QED) is 0.815. The molecule has 146 valence electrons. The van der Waals surface area contributed by atoms with Gasteiger partial charge in [0.25, 0.3) is 5.56 Å². The van der Waals surface area contributed by atoms with Crippen molar-refractivity contribution in [2.24, 2.45) is 0 Å². The highest BCUT2D eigenvalue weighted by atomic mass is 35.5. The van der Waals surface area contributed by atoms with Gasteiger partial charge in [0.2, 0.25) is 5.91 Å². The number of hydrogen-bond acceptors (Lipinski definition) is 3. The largest absolute Gasteiger partial charge is 0.354 e. The molecule has 0 radical (unpaired) electrons. The van der Waals surface area contributed by atoms with Crippen LogP contribution in [0.5, 0.6) is 0 Å². The summed E-state index contributed by atoms with van der Waals surface area (Å²) in [5, 5.41) is 6.60. The molecule has 0 aliphatic carbocycles. The Balaban J connectivity index is 2.00. The number of halogens is 2. The van der Waals surface area contributed by atoms with Crippen molar-refractivity contribution in [3.8, 4) is 0 Å². The van der Waals surface area contributed by atoms with E-state index in [0.29, 0.717) is 6.54 Å². The zero-order chi connectivity index (χ0) is 20.4. The van der Waals surface area contributed by atoms with Crippen LogP contribution in [0.2, 0.25) is 10.0 Å². The Kier molecular flexibility index (Phi) is 6.71. The lowest BCUT2D eigenvalue weighted by Gasteiger charge is -2.22. The average Bonchev–Trinajstić information content (AvgIpc) is 2.57. The molecule has 0 fully saturated rings. The van der Waals surface area contributed by atoms with Crippen molar-refractivity contribution < 1.29 is 4.79 Å². The fourth-order valence-corrected chi connectivity index (χ4v) is 3.17. The van der Waals surface area contributed by atoms with Gasteiger partial charge in [-0.15, -0.1) is 0 Å². The molecule has 27 heavy (non-hydrogen) atoms. The number of nitrogens with zero attached hydrogens (tertiary/aromatic N) is 2. The molecule has 1 amide bonds. The van der Waals surface area contributed by atoms with E-state index in [4.69, 9.17) is 23.2 Å². The van der Waals surface area contributed by atoms with Gasteiger partial charge in [-0.25, -0.2) is 4.68 Å². The molecule has 0 aliphatic rings. The first-order valence-corrected chi connectivity index (χ1v) is 9.54. The number of rotatable bonds is 5. The first kappa shape index (κ1) is 21.5. The predicted molar refractivity (Wildman–Crippen MR) is 110 cm³/mol. The summed E-state index contributed by atoms with van der Waals surface area (Å²) >= 11 is 11.5. The monoisotopic (exact) mass is 409 g/mol. The molecular weight excluding hydrogens is 385 g/mol. The fourth-order valence-electron chi connectivity index (χ4n) is 2.90. The van der Waals surface area contributed by atoms with E-state index in [1.54, 1.807) is 0 Å². The first-order valence-electron chi connectivity index (χ1n) is 8.79. The molecule has 1 heterocycles. The molecule has 0 spiro atoms. The standard InChI is InChI=1S/C20H25Cl2N3O2/c1-12-8-14(20(3,4)5)9-13(2)15(12)6-7-23-17(26)11-25-19(27)18(22)16(21)10-24-25/h8-10H,6-7,11H2,1-5H3,(H,23,26). The van der Waals surface area contributed by atoms with E-state index in [2.05, 4.69) is 57.2 Å². The normalized spacial score (nSPS) is 11.5. The first-order chi connectivity index (χ1) is 12.5. The van der Waals surface area contributed by atoms with E-state index in [9.17, 15) is 9.59 Å². The fraction of sp³-hybridized carbons (Fsp3) is 0.450. The van der Waals surface area contributed by atoms with Gasteiger partial charge in [-0.05, 0) is 47.9 Å². The minimum atomic E-state index is -0.580. The third kappa shape index (κ3) is 5.33.